The first-order chi connectivity index (χ1) is 12.1. The average molecular weight is 359 g/mol. The smallest absolute Gasteiger partial charge is 0.251 e. The summed E-state index contributed by atoms with van der Waals surface area (Å²) < 4.78 is 5.56. The second-order valence-corrected chi connectivity index (χ2v) is 6.16. The largest absolute Gasteiger partial charge is 0.490 e. The van der Waals surface area contributed by atoms with Gasteiger partial charge in [0.1, 0.15) is 12.4 Å². The van der Waals surface area contributed by atoms with Crippen LogP contribution in [-0.4, -0.2) is 31.5 Å². The third kappa shape index (κ3) is 4.31. The van der Waals surface area contributed by atoms with Crippen molar-refractivity contribution in [3.8, 4) is 5.75 Å². The van der Waals surface area contributed by atoms with Gasteiger partial charge in [-0.2, -0.15) is 0 Å². The van der Waals surface area contributed by atoms with E-state index in [2.05, 4.69) is 5.32 Å². The van der Waals surface area contributed by atoms with Crippen LogP contribution in [-0.2, 0) is 4.79 Å². The Balaban J connectivity index is 1.47. The van der Waals surface area contributed by atoms with Crippen LogP contribution in [0.3, 0.4) is 0 Å². The second-order valence-electron chi connectivity index (χ2n) is 5.73. The number of carbonyl (C=O) groups is 2. The number of amides is 2. The fourth-order valence-corrected chi connectivity index (χ4v) is 2.83. The zero-order chi connectivity index (χ0) is 17.6. The lowest BCUT2D eigenvalue weighted by Gasteiger charge is -2.29. The van der Waals surface area contributed by atoms with Crippen LogP contribution in [0.4, 0.5) is 5.69 Å². The maximum atomic E-state index is 12.5. The maximum Gasteiger partial charge on any atom is 0.251 e. The molecule has 0 saturated heterocycles. The molecule has 0 spiro atoms. The second kappa shape index (κ2) is 8.03. The lowest BCUT2D eigenvalue weighted by atomic mass is 10.2. The summed E-state index contributed by atoms with van der Waals surface area (Å²) >= 11 is 5.81. The number of halogens is 1. The fraction of sp³-hybridized carbons (Fsp3) is 0.263. The number of hydrogen-bond donors (Lipinski definition) is 1. The number of carbonyl (C=O) groups excluding carboxylic acids is 2. The van der Waals surface area contributed by atoms with Crippen molar-refractivity contribution in [2.75, 3.05) is 24.6 Å². The number of para-hydroxylation sites is 2. The van der Waals surface area contributed by atoms with Gasteiger partial charge in [0.2, 0.25) is 5.91 Å². The molecule has 6 heteroatoms. The summed E-state index contributed by atoms with van der Waals surface area (Å²) in [6.07, 6.45) is 0.951. The molecular weight excluding hydrogens is 340 g/mol. The zero-order valence-corrected chi connectivity index (χ0v) is 14.5. The van der Waals surface area contributed by atoms with Crippen LogP contribution in [0, 0.1) is 0 Å². The van der Waals surface area contributed by atoms with Crippen LogP contribution in [0.25, 0.3) is 0 Å². The van der Waals surface area contributed by atoms with Gasteiger partial charge in [-0.3, -0.25) is 9.59 Å². The van der Waals surface area contributed by atoms with E-state index in [0.29, 0.717) is 43.1 Å². The Labute approximate surface area is 151 Å². The summed E-state index contributed by atoms with van der Waals surface area (Å²) in [4.78, 5) is 26.2. The standard InChI is InChI=1S/C19H19ClN2O3/c20-15-9-7-14(8-10-15)19(24)21-11-3-6-18(23)22-12-13-25-17-5-2-1-4-16(17)22/h1-2,4-5,7-10H,3,6,11-13H2,(H,21,24). The van der Waals surface area contributed by atoms with Gasteiger partial charge in [-0.1, -0.05) is 23.7 Å². The number of nitrogens with zero attached hydrogens (tertiary/aromatic N) is 1. The van der Waals surface area contributed by atoms with Gasteiger partial charge in [0.05, 0.1) is 12.2 Å². The van der Waals surface area contributed by atoms with Crippen molar-refractivity contribution in [1.82, 2.24) is 5.32 Å². The molecule has 0 bridgehead atoms. The first-order valence-electron chi connectivity index (χ1n) is 8.21. The molecule has 1 aliphatic rings. The molecule has 3 rings (SSSR count). The predicted molar refractivity (Wildman–Crippen MR) is 97.3 cm³/mol. The molecule has 0 aliphatic carbocycles. The van der Waals surface area contributed by atoms with Gasteiger partial charge in [-0.05, 0) is 42.8 Å². The van der Waals surface area contributed by atoms with Crippen molar-refractivity contribution in [2.24, 2.45) is 0 Å². The molecule has 1 heterocycles. The monoisotopic (exact) mass is 358 g/mol. The van der Waals surface area contributed by atoms with E-state index in [9.17, 15) is 9.59 Å². The number of benzene rings is 2. The summed E-state index contributed by atoms with van der Waals surface area (Å²) in [6, 6.07) is 14.2. The molecule has 1 aliphatic heterocycles. The first-order valence-corrected chi connectivity index (χ1v) is 8.59. The normalized spacial score (nSPS) is 12.9. The molecular formula is C19H19ClN2O3. The topological polar surface area (TPSA) is 58.6 Å². The molecule has 130 valence electrons. The minimum absolute atomic E-state index is 0.0384. The molecule has 2 aromatic rings. The number of anilines is 1. The minimum Gasteiger partial charge on any atom is -0.490 e. The highest BCUT2D eigenvalue weighted by atomic mass is 35.5. The summed E-state index contributed by atoms with van der Waals surface area (Å²) in [7, 11) is 0. The SMILES string of the molecule is O=C(NCCCC(=O)N1CCOc2ccccc21)c1ccc(Cl)cc1. The predicted octanol–water partition coefficient (Wildman–Crippen LogP) is 3.28. The van der Waals surface area contributed by atoms with Crippen LogP contribution in [0.1, 0.15) is 23.2 Å². The molecule has 0 saturated carbocycles. The van der Waals surface area contributed by atoms with Crippen molar-refractivity contribution in [3.05, 3.63) is 59.1 Å². The van der Waals surface area contributed by atoms with Gasteiger partial charge in [0.25, 0.3) is 5.91 Å². The van der Waals surface area contributed by atoms with E-state index >= 15 is 0 Å². The molecule has 1 N–H and O–H groups in total. The highest BCUT2D eigenvalue weighted by Gasteiger charge is 2.22. The van der Waals surface area contributed by atoms with Gasteiger partial charge < -0.3 is 15.0 Å². The number of ether oxygens (including phenoxy) is 1. The Kier molecular flexibility index (Phi) is 5.56. The molecule has 0 atom stereocenters. The first kappa shape index (κ1) is 17.3. The van der Waals surface area contributed by atoms with Crippen LogP contribution < -0.4 is 15.0 Å². The molecule has 0 fully saturated rings. The minimum atomic E-state index is -0.166. The van der Waals surface area contributed by atoms with Crippen molar-refractivity contribution in [1.29, 1.82) is 0 Å². The van der Waals surface area contributed by atoms with E-state index < -0.39 is 0 Å². The quantitative estimate of drug-likeness (QED) is 0.834. The van der Waals surface area contributed by atoms with E-state index in [1.54, 1.807) is 29.2 Å². The molecule has 2 aromatic carbocycles. The van der Waals surface area contributed by atoms with Crippen molar-refractivity contribution >= 4 is 29.1 Å². The summed E-state index contributed by atoms with van der Waals surface area (Å²) in [5, 5.41) is 3.41. The van der Waals surface area contributed by atoms with E-state index in [1.807, 2.05) is 24.3 Å². The van der Waals surface area contributed by atoms with Crippen molar-refractivity contribution in [2.45, 2.75) is 12.8 Å². The highest BCUT2D eigenvalue weighted by molar-refractivity contribution is 6.30. The van der Waals surface area contributed by atoms with Gasteiger partial charge in [0.15, 0.2) is 0 Å². The van der Waals surface area contributed by atoms with Crippen molar-refractivity contribution in [3.63, 3.8) is 0 Å². The van der Waals surface area contributed by atoms with Gasteiger partial charge in [-0.15, -0.1) is 0 Å². The third-order valence-electron chi connectivity index (χ3n) is 3.99. The third-order valence-corrected chi connectivity index (χ3v) is 4.24. The fourth-order valence-electron chi connectivity index (χ4n) is 2.71. The van der Waals surface area contributed by atoms with Crippen LogP contribution >= 0.6 is 11.6 Å². The Morgan fingerprint density at radius 2 is 1.88 bits per heavy atom. The maximum absolute atomic E-state index is 12.5. The average Bonchev–Trinajstić information content (AvgIpc) is 2.65. The van der Waals surface area contributed by atoms with Crippen LogP contribution in [0.5, 0.6) is 5.75 Å². The van der Waals surface area contributed by atoms with Gasteiger partial charge in [0, 0.05) is 23.6 Å². The zero-order valence-electron chi connectivity index (χ0n) is 13.7. The summed E-state index contributed by atoms with van der Waals surface area (Å²) in [5.41, 5.74) is 1.36. The summed E-state index contributed by atoms with van der Waals surface area (Å²) in [5.74, 6) is 0.607. The lowest BCUT2D eigenvalue weighted by molar-refractivity contribution is -0.118. The summed E-state index contributed by atoms with van der Waals surface area (Å²) in [6.45, 7) is 1.49. The Hall–Kier alpha value is -2.53. The number of hydrogen-bond acceptors (Lipinski definition) is 3. The highest BCUT2D eigenvalue weighted by Crippen LogP contribution is 2.31. The number of rotatable bonds is 5. The Bertz CT molecular complexity index is 762. The van der Waals surface area contributed by atoms with Crippen LogP contribution in [0.15, 0.2) is 48.5 Å². The van der Waals surface area contributed by atoms with Crippen molar-refractivity contribution < 1.29 is 14.3 Å². The van der Waals surface area contributed by atoms with Gasteiger partial charge >= 0.3 is 0 Å². The lowest BCUT2D eigenvalue weighted by Crippen LogP contribution is -2.38. The van der Waals surface area contributed by atoms with E-state index in [0.717, 1.165) is 11.4 Å². The van der Waals surface area contributed by atoms with Crippen LogP contribution in [0.2, 0.25) is 5.02 Å². The molecule has 25 heavy (non-hydrogen) atoms. The van der Waals surface area contributed by atoms with E-state index in [-0.39, 0.29) is 11.8 Å². The molecule has 5 nitrogen and oxygen atoms in total. The Morgan fingerprint density at radius 1 is 1.12 bits per heavy atom. The number of fused-ring (bicyclic) bond motifs is 1. The molecule has 0 radical (unpaired) electrons. The Morgan fingerprint density at radius 3 is 2.68 bits per heavy atom. The molecule has 0 unspecified atom stereocenters. The molecule has 0 aromatic heterocycles. The number of nitrogens with one attached hydrogen (secondary N) is 1. The van der Waals surface area contributed by atoms with E-state index in [1.165, 1.54) is 0 Å². The molecule has 2 amide bonds. The van der Waals surface area contributed by atoms with Gasteiger partial charge in [-0.25, -0.2) is 0 Å². The van der Waals surface area contributed by atoms with E-state index in [4.69, 9.17) is 16.3 Å².